The summed E-state index contributed by atoms with van der Waals surface area (Å²) < 4.78 is 5.43. The van der Waals surface area contributed by atoms with Gasteiger partial charge in [0.2, 0.25) is 0 Å². The molecular weight excluding hydrogens is 170 g/mol. The summed E-state index contributed by atoms with van der Waals surface area (Å²) in [5, 5.41) is 11.7. The maximum atomic E-state index is 10.2. The first-order valence-corrected chi connectivity index (χ1v) is 4.83. The lowest BCUT2D eigenvalue weighted by atomic mass is 10.2. The molecule has 1 saturated heterocycles. The van der Waals surface area contributed by atoms with E-state index < -0.39 is 5.97 Å². The topological polar surface area (TPSA) is 58.6 Å². The van der Waals surface area contributed by atoms with Gasteiger partial charge < -0.3 is 15.2 Å². The molecule has 0 aromatic rings. The second-order valence-corrected chi connectivity index (χ2v) is 3.34. The van der Waals surface area contributed by atoms with Gasteiger partial charge in [0.15, 0.2) is 0 Å². The van der Waals surface area contributed by atoms with Crippen LogP contribution in [0.3, 0.4) is 0 Å². The van der Waals surface area contributed by atoms with Gasteiger partial charge in [-0.05, 0) is 25.8 Å². The van der Waals surface area contributed by atoms with Crippen molar-refractivity contribution in [2.24, 2.45) is 0 Å². The van der Waals surface area contributed by atoms with Crippen molar-refractivity contribution >= 4 is 5.97 Å². The molecule has 4 heteroatoms. The van der Waals surface area contributed by atoms with Crippen LogP contribution in [0.5, 0.6) is 0 Å². The fraction of sp³-hybridized carbons (Fsp3) is 0.889. The van der Waals surface area contributed by atoms with Gasteiger partial charge in [-0.25, -0.2) is 0 Å². The monoisotopic (exact) mass is 187 g/mol. The number of carbonyl (C=O) groups is 1. The molecule has 1 unspecified atom stereocenters. The lowest BCUT2D eigenvalue weighted by molar-refractivity contribution is -0.138. The summed E-state index contributed by atoms with van der Waals surface area (Å²) in [5.74, 6) is -0.790. The number of aliphatic carboxylic acids is 1. The number of hydrogen-bond donors (Lipinski definition) is 2. The maximum absolute atomic E-state index is 10.2. The third-order valence-electron chi connectivity index (χ3n) is 2.17. The summed E-state index contributed by atoms with van der Waals surface area (Å²) >= 11 is 0. The molecule has 76 valence electrons. The molecule has 1 rings (SSSR count). The van der Waals surface area contributed by atoms with E-state index >= 15 is 0 Å². The fourth-order valence-corrected chi connectivity index (χ4v) is 1.44. The van der Waals surface area contributed by atoms with E-state index in [1.807, 2.05) is 0 Å². The standard InChI is InChI=1S/C9H17NO3/c11-9(12)4-6-13-8-3-1-2-5-10-7-8/h8,10H,1-7H2,(H,11,12). The molecule has 0 saturated carbocycles. The van der Waals surface area contributed by atoms with Crippen LogP contribution in [0.4, 0.5) is 0 Å². The predicted octanol–water partition coefficient (Wildman–Crippen LogP) is 0.620. The van der Waals surface area contributed by atoms with Crippen molar-refractivity contribution in [3.8, 4) is 0 Å². The van der Waals surface area contributed by atoms with Gasteiger partial charge in [-0.3, -0.25) is 4.79 Å². The van der Waals surface area contributed by atoms with E-state index in [0.29, 0.717) is 6.61 Å². The van der Waals surface area contributed by atoms with Gasteiger partial charge in [0, 0.05) is 6.54 Å². The summed E-state index contributed by atoms with van der Waals surface area (Å²) in [6.45, 7) is 2.25. The minimum atomic E-state index is -0.790. The SMILES string of the molecule is O=C(O)CCOC1CCCCNC1. The van der Waals surface area contributed by atoms with E-state index in [4.69, 9.17) is 9.84 Å². The van der Waals surface area contributed by atoms with Crippen molar-refractivity contribution in [1.82, 2.24) is 5.32 Å². The van der Waals surface area contributed by atoms with Crippen LogP contribution in [0.1, 0.15) is 25.7 Å². The molecule has 0 radical (unpaired) electrons. The Hall–Kier alpha value is -0.610. The average molecular weight is 187 g/mol. The molecule has 1 aliphatic heterocycles. The Morgan fingerprint density at radius 1 is 1.54 bits per heavy atom. The molecule has 1 heterocycles. The third kappa shape index (κ3) is 4.85. The minimum Gasteiger partial charge on any atom is -0.481 e. The molecule has 0 spiro atoms. The van der Waals surface area contributed by atoms with Gasteiger partial charge >= 0.3 is 5.97 Å². The average Bonchev–Trinajstić information content (AvgIpc) is 2.32. The molecule has 0 aromatic carbocycles. The second-order valence-electron chi connectivity index (χ2n) is 3.34. The summed E-state index contributed by atoms with van der Waals surface area (Å²) in [7, 11) is 0. The number of carboxylic acids is 1. The zero-order valence-corrected chi connectivity index (χ0v) is 7.79. The van der Waals surface area contributed by atoms with Crippen LogP contribution < -0.4 is 5.32 Å². The van der Waals surface area contributed by atoms with Gasteiger partial charge in [-0.2, -0.15) is 0 Å². The quantitative estimate of drug-likeness (QED) is 0.677. The zero-order chi connectivity index (χ0) is 9.52. The Morgan fingerprint density at radius 2 is 2.38 bits per heavy atom. The molecule has 0 aliphatic carbocycles. The molecule has 13 heavy (non-hydrogen) atoms. The number of nitrogens with one attached hydrogen (secondary N) is 1. The molecule has 0 bridgehead atoms. The van der Waals surface area contributed by atoms with E-state index in [1.165, 1.54) is 12.8 Å². The highest BCUT2D eigenvalue weighted by Crippen LogP contribution is 2.07. The van der Waals surface area contributed by atoms with Gasteiger partial charge in [0.05, 0.1) is 19.1 Å². The van der Waals surface area contributed by atoms with Gasteiger partial charge in [0.25, 0.3) is 0 Å². The van der Waals surface area contributed by atoms with Crippen LogP contribution in [-0.4, -0.2) is 36.9 Å². The Bertz CT molecular complexity index is 153. The number of rotatable bonds is 4. The first kappa shape index (κ1) is 10.5. The summed E-state index contributed by atoms with van der Waals surface area (Å²) in [4.78, 5) is 10.2. The van der Waals surface area contributed by atoms with Gasteiger partial charge in [-0.1, -0.05) is 0 Å². The fourth-order valence-electron chi connectivity index (χ4n) is 1.44. The molecule has 1 aliphatic rings. The number of hydrogen-bond acceptors (Lipinski definition) is 3. The Morgan fingerprint density at radius 3 is 3.15 bits per heavy atom. The molecule has 2 N–H and O–H groups in total. The van der Waals surface area contributed by atoms with Crippen molar-refractivity contribution in [1.29, 1.82) is 0 Å². The molecule has 4 nitrogen and oxygen atoms in total. The van der Waals surface area contributed by atoms with Crippen molar-refractivity contribution in [2.75, 3.05) is 19.7 Å². The highest BCUT2D eigenvalue weighted by atomic mass is 16.5. The molecular formula is C9H17NO3. The van der Waals surface area contributed by atoms with Crippen LogP contribution in [0.2, 0.25) is 0 Å². The molecule has 0 aromatic heterocycles. The third-order valence-corrected chi connectivity index (χ3v) is 2.17. The summed E-state index contributed by atoms with van der Waals surface area (Å²) in [6, 6.07) is 0. The van der Waals surface area contributed by atoms with Crippen LogP contribution in [-0.2, 0) is 9.53 Å². The summed E-state index contributed by atoms with van der Waals surface area (Å²) in [5.41, 5.74) is 0. The Balaban J connectivity index is 2.08. The lowest BCUT2D eigenvalue weighted by Gasteiger charge is -2.14. The van der Waals surface area contributed by atoms with E-state index in [9.17, 15) is 4.79 Å². The number of ether oxygens (including phenoxy) is 1. The Kier molecular flexibility index (Phi) is 4.78. The first-order chi connectivity index (χ1) is 6.29. The summed E-state index contributed by atoms with van der Waals surface area (Å²) in [6.07, 6.45) is 3.73. The normalized spacial score (nSPS) is 23.8. The molecule has 1 fully saturated rings. The van der Waals surface area contributed by atoms with Crippen molar-refractivity contribution in [2.45, 2.75) is 31.8 Å². The van der Waals surface area contributed by atoms with Gasteiger partial charge in [0.1, 0.15) is 0 Å². The lowest BCUT2D eigenvalue weighted by Crippen LogP contribution is -2.27. The smallest absolute Gasteiger partial charge is 0.305 e. The van der Waals surface area contributed by atoms with E-state index in [2.05, 4.69) is 5.32 Å². The van der Waals surface area contributed by atoms with Crippen LogP contribution in [0.25, 0.3) is 0 Å². The first-order valence-electron chi connectivity index (χ1n) is 4.83. The predicted molar refractivity (Wildman–Crippen MR) is 48.7 cm³/mol. The van der Waals surface area contributed by atoms with Crippen molar-refractivity contribution in [3.63, 3.8) is 0 Å². The largest absolute Gasteiger partial charge is 0.481 e. The molecule has 1 atom stereocenters. The van der Waals surface area contributed by atoms with Gasteiger partial charge in [-0.15, -0.1) is 0 Å². The van der Waals surface area contributed by atoms with E-state index in [1.54, 1.807) is 0 Å². The Labute approximate surface area is 78.3 Å². The van der Waals surface area contributed by atoms with E-state index in [-0.39, 0.29) is 12.5 Å². The van der Waals surface area contributed by atoms with Crippen LogP contribution >= 0.6 is 0 Å². The van der Waals surface area contributed by atoms with Crippen LogP contribution in [0.15, 0.2) is 0 Å². The molecule has 0 amide bonds. The second kappa shape index (κ2) is 5.94. The highest BCUT2D eigenvalue weighted by molar-refractivity contribution is 5.66. The van der Waals surface area contributed by atoms with E-state index in [0.717, 1.165) is 19.5 Å². The van der Waals surface area contributed by atoms with Crippen molar-refractivity contribution < 1.29 is 14.6 Å². The number of carboxylic acid groups (broad SMARTS) is 1. The van der Waals surface area contributed by atoms with Crippen molar-refractivity contribution in [3.05, 3.63) is 0 Å². The minimum absolute atomic E-state index is 0.108. The zero-order valence-electron chi connectivity index (χ0n) is 7.79. The highest BCUT2D eigenvalue weighted by Gasteiger charge is 2.11. The maximum Gasteiger partial charge on any atom is 0.305 e. The van der Waals surface area contributed by atoms with Crippen LogP contribution in [0, 0.1) is 0 Å².